The fourth-order valence-electron chi connectivity index (χ4n) is 7.14. The van der Waals surface area contributed by atoms with Crippen LogP contribution in [0.4, 0.5) is 0 Å². The summed E-state index contributed by atoms with van der Waals surface area (Å²) in [6.45, 7) is 4.37. The van der Waals surface area contributed by atoms with Gasteiger partial charge in [0.05, 0.1) is 40.3 Å². The first-order chi connectivity index (χ1) is 38.6. The zero-order valence-corrected chi connectivity index (χ0v) is 49.9. The molecule has 0 radical (unpaired) electrons. The molecule has 0 spiro atoms. The molecule has 0 aromatic rings. The lowest BCUT2D eigenvalue weighted by Crippen LogP contribution is -2.44. The molecular weight excluding hydrogens is 983 g/mol. The molecule has 0 aliphatic carbocycles. The van der Waals surface area contributed by atoms with E-state index >= 15 is 0 Å². The summed E-state index contributed by atoms with van der Waals surface area (Å²) >= 11 is 0. The number of allylic oxidation sites excluding steroid dienone is 30. The Morgan fingerprint density at radius 2 is 0.709 bits per heavy atom. The van der Waals surface area contributed by atoms with Gasteiger partial charge in [0.15, 0.2) is 12.4 Å². The molecule has 0 N–H and O–H groups in total. The second-order valence-electron chi connectivity index (χ2n) is 20.2. The summed E-state index contributed by atoms with van der Waals surface area (Å²) in [6.07, 6.45) is 86.9. The van der Waals surface area contributed by atoms with Crippen LogP contribution in [-0.2, 0) is 33.3 Å². The number of likely N-dealkylation sites (N-methyl/N-ethyl adjacent to an activating group) is 1. The number of unbranched alkanes of at least 4 members (excludes halogenated alkanes) is 7. The minimum absolute atomic E-state index is 0.125. The van der Waals surface area contributed by atoms with Crippen molar-refractivity contribution in [3.05, 3.63) is 182 Å². The molecule has 440 valence electrons. The number of rotatable bonds is 52. The number of quaternary nitrogens is 1. The van der Waals surface area contributed by atoms with Gasteiger partial charge in [0.1, 0.15) is 13.2 Å². The van der Waals surface area contributed by atoms with Crippen LogP contribution >= 0.6 is 0 Å². The molecule has 0 amide bonds. The first-order valence-electron chi connectivity index (χ1n) is 29.9. The van der Waals surface area contributed by atoms with Gasteiger partial charge >= 0.3 is 11.9 Å². The SMILES string of the molecule is CC/C=C\C/C=C\C/C=C\C/C=C\C/C=C\C/C=C\C/C=C\C/C=C\C/C=C\C/C=C\C/C=C\CCCCCCCCCC(=O)OC(COC(=O)CC/C=C\C/C=C\C/C=C\C/C=C\CC)COC(OCC[N+](C)(C)C)C(=O)[O-]. The van der Waals surface area contributed by atoms with Crippen LogP contribution in [0.3, 0.4) is 0 Å². The normalized spacial score (nSPS) is 14.1. The van der Waals surface area contributed by atoms with Crippen LogP contribution < -0.4 is 5.11 Å². The summed E-state index contributed by atoms with van der Waals surface area (Å²) < 4.78 is 22.5. The third-order valence-electron chi connectivity index (χ3n) is 11.7. The fraction of sp³-hybridized carbons (Fsp3) is 0.529. The molecule has 0 aromatic carbocycles. The minimum Gasteiger partial charge on any atom is -0.545 e. The van der Waals surface area contributed by atoms with Gasteiger partial charge in [-0.2, -0.15) is 0 Å². The van der Waals surface area contributed by atoms with E-state index in [1.807, 2.05) is 33.3 Å². The first-order valence-corrected chi connectivity index (χ1v) is 29.9. The molecule has 0 aromatic heterocycles. The van der Waals surface area contributed by atoms with E-state index in [2.05, 4.69) is 184 Å². The van der Waals surface area contributed by atoms with Crippen molar-refractivity contribution >= 4 is 17.9 Å². The molecule has 9 heteroatoms. The number of hydrogen-bond acceptors (Lipinski definition) is 8. The number of ether oxygens (including phenoxy) is 4. The molecule has 0 rings (SSSR count). The molecule has 0 heterocycles. The Morgan fingerprint density at radius 1 is 0.380 bits per heavy atom. The lowest BCUT2D eigenvalue weighted by Gasteiger charge is -2.26. The minimum atomic E-state index is -1.65. The van der Waals surface area contributed by atoms with Gasteiger partial charge in [0, 0.05) is 12.8 Å². The second kappa shape index (κ2) is 58.5. The van der Waals surface area contributed by atoms with Crippen molar-refractivity contribution in [2.24, 2.45) is 0 Å². The Labute approximate surface area is 481 Å². The summed E-state index contributed by atoms with van der Waals surface area (Å²) in [4.78, 5) is 37.1. The van der Waals surface area contributed by atoms with Gasteiger partial charge in [-0.15, -0.1) is 0 Å². The van der Waals surface area contributed by atoms with Crippen LogP contribution in [-0.4, -0.2) is 82.3 Å². The number of hydrogen-bond donors (Lipinski definition) is 0. The summed E-state index contributed by atoms with van der Waals surface area (Å²) in [5.74, 6) is -2.43. The number of carbonyl (C=O) groups is 3. The van der Waals surface area contributed by atoms with Crippen molar-refractivity contribution in [1.29, 1.82) is 0 Å². The van der Waals surface area contributed by atoms with Gasteiger partial charge in [0.2, 0.25) is 0 Å². The van der Waals surface area contributed by atoms with E-state index in [0.717, 1.165) is 128 Å². The molecule has 2 atom stereocenters. The number of esters is 2. The van der Waals surface area contributed by atoms with Crippen molar-refractivity contribution < 1.29 is 42.9 Å². The number of carbonyl (C=O) groups excluding carboxylic acids is 3. The fourth-order valence-corrected chi connectivity index (χ4v) is 7.14. The van der Waals surface area contributed by atoms with E-state index in [1.165, 1.54) is 12.8 Å². The third-order valence-corrected chi connectivity index (χ3v) is 11.7. The Morgan fingerprint density at radius 3 is 1.06 bits per heavy atom. The average Bonchev–Trinajstić information content (AvgIpc) is 3.42. The summed E-state index contributed by atoms with van der Waals surface area (Å²) in [5, 5.41) is 11.7. The van der Waals surface area contributed by atoms with Crippen LogP contribution in [0.15, 0.2) is 182 Å². The molecule has 2 unspecified atom stereocenters. The van der Waals surface area contributed by atoms with Gasteiger partial charge in [-0.25, -0.2) is 0 Å². The van der Waals surface area contributed by atoms with Gasteiger partial charge in [0.25, 0.3) is 0 Å². The van der Waals surface area contributed by atoms with E-state index in [-0.39, 0.29) is 32.7 Å². The summed E-state index contributed by atoms with van der Waals surface area (Å²) in [6, 6.07) is 0. The molecule has 0 fully saturated rings. The topological polar surface area (TPSA) is 111 Å². The van der Waals surface area contributed by atoms with Crippen LogP contribution in [0, 0.1) is 0 Å². The quantitative estimate of drug-likeness (QED) is 0.0195. The number of carboxylic acids is 1. The second-order valence-corrected chi connectivity index (χ2v) is 20.2. The first kappa shape index (κ1) is 73.4. The van der Waals surface area contributed by atoms with Crippen molar-refractivity contribution in [1.82, 2.24) is 0 Å². The maximum absolute atomic E-state index is 12.8. The monoisotopic (exact) mass is 1090 g/mol. The van der Waals surface area contributed by atoms with E-state index in [9.17, 15) is 19.5 Å². The predicted molar refractivity (Wildman–Crippen MR) is 333 cm³/mol. The molecule has 0 saturated heterocycles. The van der Waals surface area contributed by atoms with E-state index in [0.29, 0.717) is 23.9 Å². The van der Waals surface area contributed by atoms with Crippen molar-refractivity contribution in [3.8, 4) is 0 Å². The average molecular weight is 1090 g/mol. The zero-order valence-electron chi connectivity index (χ0n) is 49.9. The maximum atomic E-state index is 12.8. The van der Waals surface area contributed by atoms with Crippen LogP contribution in [0.5, 0.6) is 0 Å². The van der Waals surface area contributed by atoms with Crippen LogP contribution in [0.1, 0.15) is 181 Å². The Hall–Kier alpha value is -5.61. The molecule has 79 heavy (non-hydrogen) atoms. The largest absolute Gasteiger partial charge is 0.545 e. The molecule has 0 aliphatic rings. The highest BCUT2D eigenvalue weighted by molar-refractivity contribution is 5.70. The zero-order chi connectivity index (χ0) is 57.6. The lowest BCUT2D eigenvalue weighted by atomic mass is 10.1. The number of aliphatic carboxylic acids is 1. The third kappa shape index (κ3) is 59.9. The van der Waals surface area contributed by atoms with Gasteiger partial charge < -0.3 is 33.3 Å². The van der Waals surface area contributed by atoms with Crippen LogP contribution in [0.2, 0.25) is 0 Å². The van der Waals surface area contributed by atoms with Crippen molar-refractivity contribution in [2.45, 2.75) is 193 Å². The summed E-state index contributed by atoms with van der Waals surface area (Å²) in [5.41, 5.74) is 0. The molecule has 0 aliphatic heterocycles. The van der Waals surface area contributed by atoms with E-state index < -0.39 is 30.3 Å². The highest BCUT2D eigenvalue weighted by Gasteiger charge is 2.21. The smallest absolute Gasteiger partial charge is 0.306 e. The van der Waals surface area contributed by atoms with E-state index in [4.69, 9.17) is 18.9 Å². The Kier molecular flexibility index (Phi) is 54.4. The standard InChI is InChI=1S/C70H107NO8/c1-6-8-10-12-14-16-18-20-21-22-23-24-25-26-27-28-29-30-31-32-33-34-35-36-37-38-39-40-41-42-43-44-45-46-47-49-51-53-55-57-59-61-68(73)79-66(65-78-70(69(74)75)76-63-62-71(3,4)5)64-77-67(72)60-58-56-54-52-50-48-19-17-15-13-11-9-7-2/h8-11,14-17,20-21,23-24,26-27,29-30,32-33,35-36,38-39,41-42,44-45,48,50,54,56,66,70H,6-7,12-13,18-19,22,25,28,31,34,37,40,43,46-47,49,51-53,55,57-65H2,1-5H3/b10-8-,11-9-,16-14-,17-15-,21-20-,24-23-,27-26-,30-29-,33-32-,36-35-,39-38-,42-41-,45-44-,50-48-,56-54-. The van der Waals surface area contributed by atoms with Gasteiger partial charge in [-0.05, 0) is 122 Å². The Balaban J connectivity index is 4.23. The van der Waals surface area contributed by atoms with Crippen LogP contribution in [0.25, 0.3) is 0 Å². The predicted octanol–water partition coefficient (Wildman–Crippen LogP) is 16.8. The number of nitrogens with zero attached hydrogens (tertiary/aromatic N) is 1. The lowest BCUT2D eigenvalue weighted by molar-refractivity contribution is -0.870. The molecule has 9 nitrogen and oxygen atoms in total. The van der Waals surface area contributed by atoms with Gasteiger partial charge in [-0.1, -0.05) is 228 Å². The number of carboxylic acid groups (broad SMARTS) is 1. The van der Waals surface area contributed by atoms with Gasteiger partial charge in [-0.3, -0.25) is 9.59 Å². The van der Waals surface area contributed by atoms with Crippen molar-refractivity contribution in [2.75, 3.05) is 47.5 Å². The van der Waals surface area contributed by atoms with E-state index in [1.54, 1.807) is 0 Å². The maximum Gasteiger partial charge on any atom is 0.306 e. The highest BCUT2D eigenvalue weighted by Crippen LogP contribution is 2.12. The molecule has 0 saturated carbocycles. The Bertz CT molecular complexity index is 1940. The molecular formula is C70H107NO8. The summed E-state index contributed by atoms with van der Waals surface area (Å²) in [7, 11) is 5.88. The molecule has 0 bridgehead atoms. The highest BCUT2D eigenvalue weighted by atomic mass is 16.7. The van der Waals surface area contributed by atoms with Crippen molar-refractivity contribution in [3.63, 3.8) is 0 Å².